The third-order valence-electron chi connectivity index (χ3n) is 3.95. The SMILES string of the molecule is O=C(NCc1nc(O)cc(=O)[nH]1)C1CCCN1C(=O)c1ccncc1. The van der Waals surface area contributed by atoms with Crippen LogP contribution in [-0.4, -0.2) is 49.4 Å². The minimum Gasteiger partial charge on any atom is -0.493 e. The number of aromatic hydroxyl groups is 1. The lowest BCUT2D eigenvalue weighted by atomic mass is 10.2. The van der Waals surface area contributed by atoms with Crippen molar-refractivity contribution in [2.45, 2.75) is 25.4 Å². The quantitative estimate of drug-likeness (QED) is 0.705. The van der Waals surface area contributed by atoms with E-state index >= 15 is 0 Å². The number of amides is 2. The molecule has 3 rings (SSSR count). The number of hydrogen-bond donors (Lipinski definition) is 3. The fraction of sp³-hybridized carbons (Fsp3) is 0.312. The number of aromatic nitrogens is 3. The van der Waals surface area contributed by atoms with Crippen LogP contribution in [0.1, 0.15) is 29.0 Å². The molecule has 1 aliphatic heterocycles. The number of H-pyrrole nitrogens is 1. The van der Waals surface area contributed by atoms with Crippen molar-refractivity contribution in [3.8, 4) is 5.88 Å². The molecule has 2 amide bonds. The number of pyridine rings is 1. The van der Waals surface area contributed by atoms with Crippen molar-refractivity contribution < 1.29 is 14.7 Å². The van der Waals surface area contributed by atoms with E-state index in [2.05, 4.69) is 20.3 Å². The van der Waals surface area contributed by atoms with E-state index < -0.39 is 17.5 Å². The zero-order valence-corrected chi connectivity index (χ0v) is 13.3. The molecular formula is C16H17N5O4. The summed E-state index contributed by atoms with van der Waals surface area (Å²) in [4.78, 5) is 47.8. The zero-order chi connectivity index (χ0) is 17.8. The van der Waals surface area contributed by atoms with Gasteiger partial charge in [-0.25, -0.2) is 0 Å². The molecule has 9 nitrogen and oxygen atoms in total. The van der Waals surface area contributed by atoms with Crippen LogP contribution < -0.4 is 10.9 Å². The second-order valence-corrected chi connectivity index (χ2v) is 5.66. The summed E-state index contributed by atoms with van der Waals surface area (Å²) in [6, 6.07) is 3.58. The van der Waals surface area contributed by atoms with E-state index in [0.717, 1.165) is 12.5 Å². The maximum absolute atomic E-state index is 12.6. The van der Waals surface area contributed by atoms with Crippen LogP contribution in [0.5, 0.6) is 5.88 Å². The zero-order valence-electron chi connectivity index (χ0n) is 13.3. The van der Waals surface area contributed by atoms with Crippen molar-refractivity contribution >= 4 is 11.8 Å². The second-order valence-electron chi connectivity index (χ2n) is 5.66. The van der Waals surface area contributed by atoms with Gasteiger partial charge in [0.05, 0.1) is 12.6 Å². The molecule has 0 saturated carbocycles. The first kappa shape index (κ1) is 16.6. The molecule has 0 aliphatic carbocycles. The van der Waals surface area contributed by atoms with Gasteiger partial charge in [-0.2, -0.15) is 4.98 Å². The largest absolute Gasteiger partial charge is 0.493 e. The molecule has 2 aromatic heterocycles. The number of carbonyl (C=O) groups is 2. The molecule has 9 heteroatoms. The Morgan fingerprint density at radius 3 is 2.84 bits per heavy atom. The number of carbonyl (C=O) groups excluding carboxylic acids is 2. The summed E-state index contributed by atoms with van der Waals surface area (Å²) in [6.07, 6.45) is 4.35. The van der Waals surface area contributed by atoms with Crippen LogP contribution in [0.4, 0.5) is 0 Å². The molecule has 0 radical (unpaired) electrons. The Morgan fingerprint density at radius 1 is 1.36 bits per heavy atom. The van der Waals surface area contributed by atoms with Gasteiger partial charge in [0.1, 0.15) is 11.9 Å². The maximum atomic E-state index is 12.6. The molecule has 1 saturated heterocycles. The molecule has 2 aromatic rings. The summed E-state index contributed by atoms with van der Waals surface area (Å²) in [6.45, 7) is 0.455. The second kappa shape index (κ2) is 7.12. The van der Waals surface area contributed by atoms with E-state index in [1.54, 1.807) is 12.1 Å². The average molecular weight is 343 g/mol. The first-order valence-corrected chi connectivity index (χ1v) is 7.82. The fourth-order valence-electron chi connectivity index (χ4n) is 2.81. The highest BCUT2D eigenvalue weighted by atomic mass is 16.3. The average Bonchev–Trinajstić information content (AvgIpc) is 3.09. The van der Waals surface area contributed by atoms with Crippen LogP contribution in [0.2, 0.25) is 0 Å². The highest BCUT2D eigenvalue weighted by molar-refractivity contribution is 5.97. The van der Waals surface area contributed by atoms with Gasteiger partial charge in [-0.1, -0.05) is 0 Å². The topological polar surface area (TPSA) is 128 Å². The number of hydrogen-bond acceptors (Lipinski definition) is 6. The lowest BCUT2D eigenvalue weighted by molar-refractivity contribution is -0.125. The predicted molar refractivity (Wildman–Crippen MR) is 86.7 cm³/mol. The summed E-state index contributed by atoms with van der Waals surface area (Å²) >= 11 is 0. The number of likely N-dealkylation sites (tertiary alicyclic amines) is 1. The predicted octanol–water partition coefficient (Wildman–Crippen LogP) is -0.208. The monoisotopic (exact) mass is 343 g/mol. The normalized spacial score (nSPS) is 16.6. The molecule has 3 heterocycles. The smallest absolute Gasteiger partial charge is 0.254 e. The van der Waals surface area contributed by atoms with Crippen LogP contribution >= 0.6 is 0 Å². The van der Waals surface area contributed by atoms with E-state index in [-0.39, 0.29) is 24.2 Å². The summed E-state index contributed by atoms with van der Waals surface area (Å²) in [5.74, 6) is -0.818. The third-order valence-corrected chi connectivity index (χ3v) is 3.95. The van der Waals surface area contributed by atoms with Crippen molar-refractivity contribution in [2.75, 3.05) is 6.54 Å². The van der Waals surface area contributed by atoms with Crippen LogP contribution in [0.15, 0.2) is 35.4 Å². The van der Waals surface area contributed by atoms with Crippen LogP contribution in [0.3, 0.4) is 0 Å². The van der Waals surface area contributed by atoms with Crippen LogP contribution in [-0.2, 0) is 11.3 Å². The van der Waals surface area contributed by atoms with E-state index in [1.807, 2.05) is 0 Å². The van der Waals surface area contributed by atoms with Crippen LogP contribution in [0, 0.1) is 0 Å². The highest BCUT2D eigenvalue weighted by Crippen LogP contribution is 2.20. The van der Waals surface area contributed by atoms with Gasteiger partial charge in [-0.3, -0.25) is 19.4 Å². The van der Waals surface area contributed by atoms with Crippen molar-refractivity contribution in [3.05, 3.63) is 52.3 Å². The summed E-state index contributed by atoms with van der Waals surface area (Å²) in [7, 11) is 0. The molecule has 1 unspecified atom stereocenters. The van der Waals surface area contributed by atoms with Crippen molar-refractivity contribution in [2.24, 2.45) is 0 Å². The number of rotatable bonds is 4. The molecule has 0 aromatic carbocycles. The van der Waals surface area contributed by atoms with E-state index in [4.69, 9.17) is 0 Å². The Hall–Kier alpha value is -3.23. The Bertz CT molecular complexity index is 836. The Morgan fingerprint density at radius 2 is 2.12 bits per heavy atom. The first-order valence-electron chi connectivity index (χ1n) is 7.82. The van der Waals surface area contributed by atoms with Crippen LogP contribution in [0.25, 0.3) is 0 Å². The van der Waals surface area contributed by atoms with Gasteiger partial charge in [0.15, 0.2) is 0 Å². The number of aromatic amines is 1. The van der Waals surface area contributed by atoms with Crippen molar-refractivity contribution in [3.63, 3.8) is 0 Å². The summed E-state index contributed by atoms with van der Waals surface area (Å²) < 4.78 is 0. The van der Waals surface area contributed by atoms with E-state index in [0.29, 0.717) is 18.5 Å². The van der Waals surface area contributed by atoms with Gasteiger partial charge in [0, 0.05) is 24.5 Å². The van der Waals surface area contributed by atoms with Gasteiger partial charge in [0.2, 0.25) is 11.8 Å². The summed E-state index contributed by atoms with van der Waals surface area (Å²) in [5.41, 5.74) is -0.0271. The minimum absolute atomic E-state index is 0.0454. The maximum Gasteiger partial charge on any atom is 0.254 e. The van der Waals surface area contributed by atoms with Gasteiger partial charge >= 0.3 is 0 Å². The van der Waals surface area contributed by atoms with Crippen molar-refractivity contribution in [1.29, 1.82) is 0 Å². The number of nitrogens with one attached hydrogen (secondary N) is 2. The van der Waals surface area contributed by atoms with E-state index in [9.17, 15) is 19.5 Å². The van der Waals surface area contributed by atoms with Gasteiger partial charge in [0.25, 0.3) is 11.5 Å². The van der Waals surface area contributed by atoms with Gasteiger partial charge in [-0.15, -0.1) is 0 Å². The fourth-order valence-corrected chi connectivity index (χ4v) is 2.81. The number of nitrogens with zero attached hydrogens (tertiary/aromatic N) is 3. The molecule has 1 atom stereocenters. The Labute approximate surface area is 142 Å². The standard InChI is InChI=1S/C16H17N5O4/c22-13-8-14(23)20-12(19-13)9-18-15(24)11-2-1-7-21(11)16(25)10-3-5-17-6-4-10/h3-6,8,11H,1-2,7,9H2,(H,18,24)(H2,19,20,22,23). The molecular weight excluding hydrogens is 326 g/mol. The molecule has 0 spiro atoms. The molecule has 25 heavy (non-hydrogen) atoms. The Balaban J connectivity index is 1.66. The molecule has 3 N–H and O–H groups in total. The molecule has 1 fully saturated rings. The van der Waals surface area contributed by atoms with Gasteiger partial charge in [-0.05, 0) is 25.0 Å². The lowest BCUT2D eigenvalue weighted by Gasteiger charge is -2.24. The van der Waals surface area contributed by atoms with E-state index in [1.165, 1.54) is 17.3 Å². The van der Waals surface area contributed by atoms with Crippen molar-refractivity contribution in [1.82, 2.24) is 25.2 Å². The highest BCUT2D eigenvalue weighted by Gasteiger charge is 2.34. The first-order chi connectivity index (χ1) is 12.0. The summed E-state index contributed by atoms with van der Waals surface area (Å²) in [5, 5.41) is 12.0. The Kier molecular flexibility index (Phi) is 4.73. The third kappa shape index (κ3) is 3.82. The van der Waals surface area contributed by atoms with Gasteiger partial charge < -0.3 is 20.3 Å². The molecule has 1 aliphatic rings. The molecule has 0 bridgehead atoms. The minimum atomic E-state index is -0.579. The molecule has 130 valence electrons. The lowest BCUT2D eigenvalue weighted by Crippen LogP contribution is -2.46.